The molecule has 0 aliphatic rings. The van der Waals surface area contributed by atoms with E-state index in [0.29, 0.717) is 18.1 Å². The maximum atomic E-state index is 12.6. The van der Waals surface area contributed by atoms with Crippen molar-refractivity contribution >= 4 is 6.03 Å². The van der Waals surface area contributed by atoms with Gasteiger partial charge in [0.1, 0.15) is 17.6 Å². The number of aryl methyl sites for hydroxylation is 1. The summed E-state index contributed by atoms with van der Waals surface area (Å²) in [7, 11) is 5.14. The monoisotopic (exact) mass is 341 g/mol. The first-order valence-electron chi connectivity index (χ1n) is 7.99. The number of carbonyl (C=O) groups is 1. The Labute approximate surface area is 147 Å². The number of benzene rings is 1. The van der Waals surface area contributed by atoms with Gasteiger partial charge < -0.3 is 19.5 Å². The molecule has 0 fully saturated rings. The lowest BCUT2D eigenvalue weighted by Crippen LogP contribution is -2.42. The lowest BCUT2D eigenvalue weighted by molar-refractivity contribution is 0.202. The number of imidazole rings is 1. The van der Waals surface area contributed by atoms with Gasteiger partial charge in [0, 0.05) is 38.6 Å². The van der Waals surface area contributed by atoms with E-state index in [0.717, 1.165) is 5.56 Å². The highest BCUT2D eigenvalue weighted by Crippen LogP contribution is 2.29. The molecule has 132 valence electrons. The fraction of sp³-hybridized carbons (Fsp3) is 0.389. The largest absolute Gasteiger partial charge is 0.496 e. The first-order valence-corrected chi connectivity index (χ1v) is 7.99. The van der Waals surface area contributed by atoms with Gasteiger partial charge in [-0.15, -0.1) is 0 Å². The fourth-order valence-electron chi connectivity index (χ4n) is 2.61. The summed E-state index contributed by atoms with van der Waals surface area (Å²) >= 11 is 0. The van der Waals surface area contributed by atoms with Crippen molar-refractivity contribution in [2.24, 2.45) is 13.0 Å². The summed E-state index contributed by atoms with van der Waals surface area (Å²) in [6, 6.07) is 8.90. The molecule has 2 rings (SSSR count). The third-order valence-corrected chi connectivity index (χ3v) is 3.95. The fourth-order valence-corrected chi connectivity index (χ4v) is 2.61. The van der Waals surface area contributed by atoms with E-state index in [-0.39, 0.29) is 11.9 Å². The molecule has 1 N–H and O–H groups in total. The molecule has 0 unspecified atom stereocenters. The molecule has 0 saturated carbocycles. The molecule has 2 atom stereocenters. The van der Waals surface area contributed by atoms with Crippen molar-refractivity contribution in [3.8, 4) is 11.8 Å². The minimum absolute atomic E-state index is 0.242. The second kappa shape index (κ2) is 8.20. The smallest absolute Gasteiger partial charge is 0.318 e. The molecular weight excluding hydrogens is 318 g/mol. The molecule has 0 radical (unpaired) electrons. The second-order valence-corrected chi connectivity index (χ2v) is 5.93. The Balaban J connectivity index is 2.32. The van der Waals surface area contributed by atoms with Crippen LogP contribution in [0.4, 0.5) is 4.79 Å². The van der Waals surface area contributed by atoms with Gasteiger partial charge in [0.2, 0.25) is 0 Å². The van der Waals surface area contributed by atoms with Gasteiger partial charge in [-0.2, -0.15) is 5.26 Å². The molecule has 1 aromatic carbocycles. The van der Waals surface area contributed by atoms with Crippen LogP contribution in [0.15, 0.2) is 36.7 Å². The number of urea groups is 1. The number of nitrogens with zero attached hydrogens (tertiary/aromatic N) is 4. The van der Waals surface area contributed by atoms with Crippen LogP contribution in [0.2, 0.25) is 0 Å². The van der Waals surface area contributed by atoms with Gasteiger partial charge in [-0.05, 0) is 13.0 Å². The summed E-state index contributed by atoms with van der Waals surface area (Å²) < 4.78 is 7.30. The highest BCUT2D eigenvalue weighted by atomic mass is 16.5. The van der Waals surface area contributed by atoms with Crippen LogP contribution in [0.1, 0.15) is 24.4 Å². The molecule has 1 heterocycles. The number of hydrogen-bond donors (Lipinski definition) is 1. The predicted octanol–water partition coefficient (Wildman–Crippen LogP) is 2.32. The highest BCUT2D eigenvalue weighted by molar-refractivity contribution is 5.75. The number of para-hydroxylation sites is 1. The van der Waals surface area contributed by atoms with Crippen LogP contribution in [0.5, 0.6) is 5.75 Å². The van der Waals surface area contributed by atoms with Gasteiger partial charge in [0.25, 0.3) is 0 Å². The van der Waals surface area contributed by atoms with E-state index in [4.69, 9.17) is 10.00 Å². The normalized spacial score (nSPS) is 12.8. The topological polar surface area (TPSA) is 83.2 Å². The van der Waals surface area contributed by atoms with Gasteiger partial charge in [0.05, 0.1) is 19.1 Å². The van der Waals surface area contributed by atoms with E-state index in [1.165, 1.54) is 4.90 Å². The molecule has 1 aromatic heterocycles. The zero-order valence-electron chi connectivity index (χ0n) is 14.9. The number of methoxy groups -OCH3 is 1. The molecule has 0 spiro atoms. The van der Waals surface area contributed by atoms with Crippen LogP contribution >= 0.6 is 0 Å². The van der Waals surface area contributed by atoms with Crippen LogP contribution < -0.4 is 10.1 Å². The standard InChI is InChI=1S/C18H23N5O2/c1-13(11-19)12-23(3)18(24)21-16(17-20-9-10-22(17)2)14-7-5-6-8-15(14)25-4/h5-10,13,16H,12H2,1-4H3,(H,21,24)/t13-,16-/m0/s1. The minimum Gasteiger partial charge on any atom is -0.496 e. The van der Waals surface area contributed by atoms with Crippen LogP contribution in [0.3, 0.4) is 0 Å². The number of amides is 2. The van der Waals surface area contributed by atoms with Gasteiger partial charge in [-0.25, -0.2) is 9.78 Å². The lowest BCUT2D eigenvalue weighted by Gasteiger charge is -2.25. The van der Waals surface area contributed by atoms with Crippen molar-refractivity contribution in [3.63, 3.8) is 0 Å². The molecule has 7 nitrogen and oxygen atoms in total. The SMILES string of the molecule is COc1ccccc1[C@H](NC(=O)N(C)C[C@@H](C)C#N)c1nccn1C. The molecule has 25 heavy (non-hydrogen) atoms. The molecule has 0 bridgehead atoms. The number of carbonyl (C=O) groups excluding carboxylic acids is 1. The van der Waals surface area contributed by atoms with E-state index in [1.54, 1.807) is 27.3 Å². The summed E-state index contributed by atoms with van der Waals surface area (Å²) in [5, 5.41) is 11.9. The average Bonchev–Trinajstić information content (AvgIpc) is 3.04. The van der Waals surface area contributed by atoms with E-state index >= 15 is 0 Å². The Bertz CT molecular complexity index is 765. The number of ether oxygens (including phenoxy) is 1. The van der Waals surface area contributed by atoms with Gasteiger partial charge in [-0.1, -0.05) is 18.2 Å². The third-order valence-electron chi connectivity index (χ3n) is 3.95. The maximum Gasteiger partial charge on any atom is 0.318 e. The Morgan fingerprint density at radius 2 is 2.20 bits per heavy atom. The molecular formula is C18H23N5O2. The first kappa shape index (κ1) is 18.3. The predicted molar refractivity (Wildman–Crippen MR) is 94.0 cm³/mol. The van der Waals surface area contributed by atoms with Crippen LogP contribution in [-0.2, 0) is 7.05 Å². The molecule has 0 saturated heterocycles. The van der Waals surface area contributed by atoms with Crippen molar-refractivity contribution in [1.82, 2.24) is 19.8 Å². The summed E-state index contributed by atoms with van der Waals surface area (Å²) in [6.45, 7) is 2.13. The van der Waals surface area contributed by atoms with E-state index < -0.39 is 6.04 Å². The second-order valence-electron chi connectivity index (χ2n) is 5.93. The van der Waals surface area contributed by atoms with Crippen molar-refractivity contribution in [2.75, 3.05) is 20.7 Å². The summed E-state index contributed by atoms with van der Waals surface area (Å²) in [5.41, 5.74) is 0.814. The number of aromatic nitrogens is 2. The van der Waals surface area contributed by atoms with Gasteiger partial charge >= 0.3 is 6.03 Å². The van der Waals surface area contributed by atoms with Crippen LogP contribution in [0, 0.1) is 17.2 Å². The lowest BCUT2D eigenvalue weighted by atomic mass is 10.0. The van der Waals surface area contributed by atoms with Crippen molar-refractivity contribution in [3.05, 3.63) is 48.0 Å². The van der Waals surface area contributed by atoms with Gasteiger partial charge in [0.15, 0.2) is 0 Å². The van der Waals surface area contributed by atoms with Crippen LogP contribution in [0.25, 0.3) is 0 Å². The molecule has 0 aliphatic carbocycles. The number of nitriles is 1. The first-order chi connectivity index (χ1) is 12.0. The van der Waals surface area contributed by atoms with Crippen LogP contribution in [-0.4, -0.2) is 41.2 Å². The minimum atomic E-state index is -0.469. The summed E-state index contributed by atoms with van der Waals surface area (Å²) in [4.78, 5) is 18.5. The Kier molecular flexibility index (Phi) is 6.01. The molecule has 7 heteroatoms. The number of nitrogens with one attached hydrogen (secondary N) is 1. The van der Waals surface area contributed by atoms with E-state index in [1.807, 2.05) is 42.1 Å². The molecule has 2 amide bonds. The molecule has 0 aliphatic heterocycles. The quantitative estimate of drug-likeness (QED) is 0.874. The number of hydrogen-bond acceptors (Lipinski definition) is 4. The summed E-state index contributed by atoms with van der Waals surface area (Å²) in [5.74, 6) is 1.12. The summed E-state index contributed by atoms with van der Waals surface area (Å²) in [6.07, 6.45) is 3.51. The Hall–Kier alpha value is -3.01. The maximum absolute atomic E-state index is 12.6. The zero-order valence-corrected chi connectivity index (χ0v) is 14.9. The Morgan fingerprint density at radius 1 is 1.48 bits per heavy atom. The molecule has 2 aromatic rings. The van der Waals surface area contributed by atoms with Crippen molar-refractivity contribution in [2.45, 2.75) is 13.0 Å². The van der Waals surface area contributed by atoms with E-state index in [9.17, 15) is 4.79 Å². The average molecular weight is 341 g/mol. The number of rotatable bonds is 6. The van der Waals surface area contributed by atoms with Crippen molar-refractivity contribution in [1.29, 1.82) is 5.26 Å². The highest BCUT2D eigenvalue weighted by Gasteiger charge is 2.25. The van der Waals surface area contributed by atoms with Gasteiger partial charge in [-0.3, -0.25) is 0 Å². The zero-order chi connectivity index (χ0) is 18.4. The third kappa shape index (κ3) is 4.29. The van der Waals surface area contributed by atoms with E-state index in [2.05, 4.69) is 16.4 Å². The Morgan fingerprint density at radius 3 is 2.80 bits per heavy atom. The van der Waals surface area contributed by atoms with Crippen molar-refractivity contribution < 1.29 is 9.53 Å².